The Labute approximate surface area is 82.0 Å². The van der Waals surface area contributed by atoms with E-state index in [0.29, 0.717) is 17.6 Å². The quantitative estimate of drug-likeness (QED) is 0.725. The number of nitrogens with one attached hydrogen (secondary N) is 1. The van der Waals surface area contributed by atoms with Gasteiger partial charge in [0.1, 0.15) is 0 Å². The first-order valence-electron chi connectivity index (χ1n) is 5.33. The Balaban J connectivity index is 2.22. The second kappa shape index (κ2) is 4.43. The van der Waals surface area contributed by atoms with Gasteiger partial charge in [-0.05, 0) is 31.7 Å². The molecule has 1 aliphatic rings. The predicted octanol–water partition coefficient (Wildman–Crippen LogP) is 2.19. The van der Waals surface area contributed by atoms with Crippen LogP contribution in [-0.4, -0.2) is 25.8 Å². The van der Waals surface area contributed by atoms with Crippen LogP contribution in [-0.2, 0) is 4.74 Å². The first kappa shape index (κ1) is 11.0. The normalized spacial score (nSPS) is 21.2. The zero-order chi connectivity index (χ0) is 9.90. The minimum Gasteiger partial charge on any atom is -0.377 e. The van der Waals surface area contributed by atoms with Crippen LogP contribution >= 0.6 is 0 Å². The number of hydrogen-bond acceptors (Lipinski definition) is 2. The molecule has 1 N–H and O–H groups in total. The maximum atomic E-state index is 5.79. The molecule has 0 aromatic carbocycles. The summed E-state index contributed by atoms with van der Waals surface area (Å²) < 4.78 is 5.79. The molecule has 2 heteroatoms. The molecular formula is C11H23NO. The molecule has 1 atom stereocenters. The van der Waals surface area contributed by atoms with Gasteiger partial charge in [0.2, 0.25) is 0 Å². The highest BCUT2D eigenvalue weighted by molar-refractivity contribution is 4.80. The zero-order valence-electron chi connectivity index (χ0n) is 9.39. The van der Waals surface area contributed by atoms with Crippen LogP contribution in [0.5, 0.6) is 0 Å². The highest BCUT2D eigenvalue weighted by Crippen LogP contribution is 2.24. The van der Waals surface area contributed by atoms with Gasteiger partial charge in [-0.1, -0.05) is 20.8 Å². The molecule has 0 aromatic heterocycles. The van der Waals surface area contributed by atoms with Crippen molar-refractivity contribution in [1.82, 2.24) is 5.32 Å². The highest BCUT2D eigenvalue weighted by atomic mass is 16.5. The van der Waals surface area contributed by atoms with Crippen LogP contribution in [0.3, 0.4) is 0 Å². The Kier molecular flexibility index (Phi) is 3.74. The predicted molar refractivity (Wildman–Crippen MR) is 55.9 cm³/mol. The lowest BCUT2D eigenvalue weighted by Gasteiger charge is -2.33. The van der Waals surface area contributed by atoms with Gasteiger partial charge >= 0.3 is 0 Å². The van der Waals surface area contributed by atoms with E-state index in [-0.39, 0.29) is 0 Å². The fourth-order valence-electron chi connectivity index (χ4n) is 1.54. The van der Waals surface area contributed by atoms with Crippen molar-refractivity contribution in [3.63, 3.8) is 0 Å². The second-order valence-electron chi connectivity index (χ2n) is 5.09. The average Bonchev–Trinajstić information content (AvgIpc) is 1.91. The van der Waals surface area contributed by atoms with Gasteiger partial charge in [-0.3, -0.25) is 0 Å². The van der Waals surface area contributed by atoms with Crippen LogP contribution in [0.15, 0.2) is 0 Å². The number of hydrogen-bond donors (Lipinski definition) is 1. The largest absolute Gasteiger partial charge is 0.377 e. The van der Waals surface area contributed by atoms with E-state index in [1.807, 2.05) is 7.05 Å². The molecule has 0 bridgehead atoms. The summed E-state index contributed by atoms with van der Waals surface area (Å²) in [5.41, 5.74) is 0.290. The minimum atomic E-state index is 0.290. The van der Waals surface area contributed by atoms with Gasteiger partial charge < -0.3 is 10.1 Å². The first-order valence-corrected chi connectivity index (χ1v) is 5.33. The van der Waals surface area contributed by atoms with Crippen molar-refractivity contribution in [2.45, 2.75) is 52.2 Å². The lowest BCUT2D eigenvalue weighted by atomic mass is 9.87. The lowest BCUT2D eigenvalue weighted by molar-refractivity contribution is -0.0216. The monoisotopic (exact) mass is 185 g/mol. The minimum absolute atomic E-state index is 0.290. The summed E-state index contributed by atoms with van der Waals surface area (Å²) in [6, 6.07) is 0.466. The van der Waals surface area contributed by atoms with Gasteiger partial charge in [-0.15, -0.1) is 0 Å². The molecule has 13 heavy (non-hydrogen) atoms. The van der Waals surface area contributed by atoms with Crippen molar-refractivity contribution in [2.75, 3.05) is 13.7 Å². The summed E-state index contributed by atoms with van der Waals surface area (Å²) in [4.78, 5) is 0. The highest BCUT2D eigenvalue weighted by Gasteiger charge is 2.25. The van der Waals surface area contributed by atoms with E-state index < -0.39 is 0 Å². The van der Waals surface area contributed by atoms with E-state index in [2.05, 4.69) is 26.1 Å². The third-order valence-corrected chi connectivity index (χ3v) is 2.94. The van der Waals surface area contributed by atoms with Gasteiger partial charge in [0.25, 0.3) is 0 Å². The van der Waals surface area contributed by atoms with Gasteiger partial charge in [0.15, 0.2) is 0 Å². The van der Waals surface area contributed by atoms with E-state index >= 15 is 0 Å². The van der Waals surface area contributed by atoms with Crippen molar-refractivity contribution < 1.29 is 4.74 Å². The summed E-state index contributed by atoms with van der Waals surface area (Å²) in [7, 11) is 2.01. The molecule has 0 aromatic rings. The summed E-state index contributed by atoms with van der Waals surface area (Å²) in [5, 5.41) is 3.32. The van der Waals surface area contributed by atoms with Crippen LogP contribution in [0, 0.1) is 5.41 Å². The van der Waals surface area contributed by atoms with Gasteiger partial charge in [0, 0.05) is 6.04 Å². The Hall–Kier alpha value is -0.0800. The van der Waals surface area contributed by atoms with Crippen LogP contribution < -0.4 is 5.32 Å². The van der Waals surface area contributed by atoms with Gasteiger partial charge in [0.05, 0.1) is 12.7 Å². The van der Waals surface area contributed by atoms with E-state index in [9.17, 15) is 0 Å². The molecule has 0 radical (unpaired) electrons. The van der Waals surface area contributed by atoms with Crippen molar-refractivity contribution in [3.05, 3.63) is 0 Å². The van der Waals surface area contributed by atoms with E-state index in [1.54, 1.807) is 0 Å². The van der Waals surface area contributed by atoms with Crippen LogP contribution in [0.4, 0.5) is 0 Å². The Morgan fingerprint density at radius 3 is 2.31 bits per heavy atom. The molecule has 1 aliphatic carbocycles. The zero-order valence-corrected chi connectivity index (χ0v) is 9.39. The molecular weight excluding hydrogens is 162 g/mol. The van der Waals surface area contributed by atoms with Crippen molar-refractivity contribution in [3.8, 4) is 0 Å². The first-order chi connectivity index (χ1) is 6.04. The maximum Gasteiger partial charge on any atom is 0.0628 e. The molecule has 0 aliphatic heterocycles. The van der Waals surface area contributed by atoms with Crippen molar-refractivity contribution in [2.24, 2.45) is 5.41 Å². The average molecular weight is 185 g/mol. The fraction of sp³-hybridized carbons (Fsp3) is 1.00. The van der Waals surface area contributed by atoms with Crippen LogP contribution in [0.1, 0.15) is 40.0 Å². The Bertz CT molecular complexity index is 147. The van der Waals surface area contributed by atoms with Crippen molar-refractivity contribution in [1.29, 1.82) is 0 Å². The molecule has 0 spiro atoms. The fourth-order valence-corrected chi connectivity index (χ4v) is 1.54. The second-order valence-corrected chi connectivity index (χ2v) is 5.09. The number of likely N-dealkylation sites (N-methyl/N-ethyl adjacent to an activating group) is 1. The lowest BCUT2D eigenvalue weighted by Crippen LogP contribution is -2.43. The van der Waals surface area contributed by atoms with E-state index in [0.717, 1.165) is 6.61 Å². The van der Waals surface area contributed by atoms with Gasteiger partial charge in [-0.2, -0.15) is 0 Å². The van der Waals surface area contributed by atoms with Crippen molar-refractivity contribution >= 4 is 0 Å². The molecule has 1 fully saturated rings. The van der Waals surface area contributed by atoms with E-state index in [1.165, 1.54) is 19.3 Å². The van der Waals surface area contributed by atoms with E-state index in [4.69, 9.17) is 4.74 Å². The molecule has 0 heterocycles. The summed E-state index contributed by atoms with van der Waals surface area (Å²) in [6.07, 6.45) is 4.43. The molecule has 1 saturated carbocycles. The molecule has 0 saturated heterocycles. The summed E-state index contributed by atoms with van der Waals surface area (Å²) in [5.74, 6) is 0. The molecule has 1 rings (SSSR count). The third kappa shape index (κ3) is 3.28. The summed E-state index contributed by atoms with van der Waals surface area (Å²) in [6.45, 7) is 7.60. The standard InChI is InChI=1S/C11H23NO/c1-11(2,3)10(12-4)8-13-9-6-5-7-9/h9-10,12H,5-8H2,1-4H3. The number of ether oxygens (including phenoxy) is 1. The SMILES string of the molecule is CNC(COC1CCC1)C(C)(C)C. The molecule has 2 nitrogen and oxygen atoms in total. The molecule has 1 unspecified atom stereocenters. The third-order valence-electron chi connectivity index (χ3n) is 2.94. The molecule has 0 amide bonds. The smallest absolute Gasteiger partial charge is 0.0628 e. The Morgan fingerprint density at radius 1 is 1.38 bits per heavy atom. The maximum absolute atomic E-state index is 5.79. The summed E-state index contributed by atoms with van der Waals surface area (Å²) >= 11 is 0. The van der Waals surface area contributed by atoms with Crippen LogP contribution in [0.2, 0.25) is 0 Å². The number of rotatable bonds is 4. The topological polar surface area (TPSA) is 21.3 Å². The van der Waals surface area contributed by atoms with Crippen LogP contribution in [0.25, 0.3) is 0 Å². The Morgan fingerprint density at radius 2 is 2.00 bits per heavy atom. The van der Waals surface area contributed by atoms with Gasteiger partial charge in [-0.25, -0.2) is 0 Å². The molecule has 78 valence electrons.